The zero-order chi connectivity index (χ0) is 15.4. The van der Waals surface area contributed by atoms with Crippen molar-refractivity contribution in [1.82, 2.24) is 9.78 Å². The first-order chi connectivity index (χ1) is 9.94. The molecule has 0 unspecified atom stereocenters. The number of carbonyl (C=O) groups excluding carboxylic acids is 1. The Balaban J connectivity index is 2.09. The number of carbonyl (C=O) groups is 1. The molecule has 0 saturated carbocycles. The minimum atomic E-state index is -2.97. The van der Waals surface area contributed by atoms with Gasteiger partial charge < -0.3 is 10.1 Å². The maximum absolute atomic E-state index is 12.4. The summed E-state index contributed by atoms with van der Waals surface area (Å²) in [6, 6.07) is 4.60. The number of rotatable bonds is 5. The summed E-state index contributed by atoms with van der Waals surface area (Å²) in [5.74, 6) is -0.519. The summed E-state index contributed by atoms with van der Waals surface area (Å²) < 4.78 is 30.4. The molecule has 0 bridgehead atoms. The van der Waals surface area contributed by atoms with Gasteiger partial charge in [-0.15, -0.1) is 0 Å². The Bertz CT molecular complexity index is 646. The summed E-state index contributed by atoms with van der Waals surface area (Å²) in [6.45, 7) is -1.32. The molecule has 0 fully saturated rings. The molecule has 0 saturated heterocycles. The van der Waals surface area contributed by atoms with Crippen LogP contribution in [0.1, 0.15) is 5.56 Å². The summed E-state index contributed by atoms with van der Waals surface area (Å²) in [5, 5.41) is 6.76. The number of nitrogens with zero attached hydrogens (tertiary/aromatic N) is 2. The van der Waals surface area contributed by atoms with Crippen LogP contribution in [0.4, 0.5) is 14.5 Å². The zero-order valence-corrected chi connectivity index (χ0v) is 11.8. The van der Waals surface area contributed by atoms with Crippen LogP contribution >= 0.6 is 11.6 Å². The summed E-state index contributed by atoms with van der Waals surface area (Å²) in [5.41, 5.74) is 0.909. The van der Waals surface area contributed by atoms with Crippen molar-refractivity contribution >= 4 is 23.2 Å². The number of amides is 1. The minimum Gasteiger partial charge on any atom is -0.433 e. The molecule has 1 amide bonds. The number of halogens is 3. The highest BCUT2D eigenvalue weighted by molar-refractivity contribution is 6.30. The summed E-state index contributed by atoms with van der Waals surface area (Å²) in [6.07, 6.45) is 2.87. The van der Waals surface area contributed by atoms with Gasteiger partial charge in [0.05, 0.1) is 16.9 Å². The number of aromatic nitrogens is 2. The molecule has 0 aliphatic rings. The van der Waals surface area contributed by atoms with Crippen molar-refractivity contribution < 1.29 is 18.3 Å². The Morgan fingerprint density at radius 3 is 2.90 bits per heavy atom. The van der Waals surface area contributed by atoms with E-state index < -0.39 is 12.5 Å². The van der Waals surface area contributed by atoms with E-state index in [1.165, 1.54) is 29.2 Å². The van der Waals surface area contributed by atoms with Gasteiger partial charge in [0, 0.05) is 6.20 Å². The van der Waals surface area contributed by atoms with Crippen LogP contribution in [0.2, 0.25) is 5.02 Å². The first-order valence-corrected chi connectivity index (χ1v) is 6.35. The Hall–Kier alpha value is -2.15. The molecule has 0 aliphatic heterocycles. The number of hydrogen-bond acceptors (Lipinski definition) is 3. The maximum Gasteiger partial charge on any atom is 0.387 e. The van der Waals surface area contributed by atoms with E-state index in [2.05, 4.69) is 15.2 Å². The van der Waals surface area contributed by atoms with Crippen LogP contribution in [0.3, 0.4) is 0 Å². The summed E-state index contributed by atoms with van der Waals surface area (Å²) >= 11 is 5.69. The fraction of sp³-hybridized carbons (Fsp3) is 0.231. The van der Waals surface area contributed by atoms with Crippen LogP contribution in [0.15, 0.2) is 30.6 Å². The van der Waals surface area contributed by atoms with Crippen LogP contribution in [0.5, 0.6) is 5.75 Å². The molecule has 1 heterocycles. The van der Waals surface area contributed by atoms with E-state index in [1.54, 1.807) is 13.0 Å². The van der Waals surface area contributed by atoms with Gasteiger partial charge in [-0.25, -0.2) is 0 Å². The SMILES string of the molecule is Cc1ccc(NC(=O)Cn2cc(Cl)cn2)c(OC(F)F)c1. The molecule has 1 N–H and O–H groups in total. The normalized spacial score (nSPS) is 10.7. The standard InChI is InChI=1S/C13H12ClF2N3O2/c1-8-2-3-10(11(4-8)21-13(15)16)18-12(20)7-19-6-9(14)5-17-19/h2-6,13H,7H2,1H3,(H,18,20). The van der Waals surface area contributed by atoms with Crippen LogP contribution in [-0.2, 0) is 11.3 Å². The number of nitrogens with one attached hydrogen (secondary N) is 1. The second-order valence-corrected chi connectivity index (χ2v) is 4.72. The van der Waals surface area contributed by atoms with Crippen molar-refractivity contribution in [2.24, 2.45) is 0 Å². The second kappa shape index (κ2) is 6.53. The first kappa shape index (κ1) is 15.2. The highest BCUT2D eigenvalue weighted by atomic mass is 35.5. The fourth-order valence-corrected chi connectivity index (χ4v) is 1.84. The van der Waals surface area contributed by atoms with Gasteiger partial charge in [-0.3, -0.25) is 9.48 Å². The van der Waals surface area contributed by atoms with Gasteiger partial charge in [0.15, 0.2) is 0 Å². The number of anilines is 1. The van der Waals surface area contributed by atoms with Crippen molar-refractivity contribution in [3.05, 3.63) is 41.2 Å². The van der Waals surface area contributed by atoms with Gasteiger partial charge in [0.25, 0.3) is 0 Å². The van der Waals surface area contributed by atoms with E-state index >= 15 is 0 Å². The predicted molar refractivity (Wildman–Crippen MR) is 73.7 cm³/mol. The molecular formula is C13H12ClF2N3O2. The molecular weight excluding hydrogens is 304 g/mol. The second-order valence-electron chi connectivity index (χ2n) is 4.28. The number of benzene rings is 1. The molecule has 2 rings (SSSR count). The zero-order valence-electron chi connectivity index (χ0n) is 11.0. The van der Waals surface area contributed by atoms with E-state index in [4.69, 9.17) is 11.6 Å². The number of alkyl halides is 2. The molecule has 0 radical (unpaired) electrons. The molecule has 0 aliphatic carbocycles. The van der Waals surface area contributed by atoms with Gasteiger partial charge >= 0.3 is 6.61 Å². The lowest BCUT2D eigenvalue weighted by atomic mass is 10.2. The average molecular weight is 316 g/mol. The Labute approximate surface area is 124 Å². The van der Waals surface area contributed by atoms with E-state index in [-0.39, 0.29) is 18.0 Å². The summed E-state index contributed by atoms with van der Waals surface area (Å²) in [7, 11) is 0. The van der Waals surface area contributed by atoms with Crippen molar-refractivity contribution in [3.8, 4) is 5.75 Å². The Morgan fingerprint density at radius 1 is 1.52 bits per heavy atom. The van der Waals surface area contributed by atoms with Gasteiger partial charge in [0.2, 0.25) is 5.91 Å². The number of ether oxygens (including phenoxy) is 1. The van der Waals surface area contributed by atoms with E-state index in [9.17, 15) is 13.6 Å². The molecule has 8 heteroatoms. The minimum absolute atomic E-state index is 0.0863. The van der Waals surface area contributed by atoms with Gasteiger partial charge in [-0.2, -0.15) is 13.9 Å². The smallest absolute Gasteiger partial charge is 0.387 e. The van der Waals surface area contributed by atoms with Crippen LogP contribution < -0.4 is 10.1 Å². The fourth-order valence-electron chi connectivity index (χ4n) is 1.69. The first-order valence-electron chi connectivity index (χ1n) is 5.97. The lowest BCUT2D eigenvalue weighted by Gasteiger charge is -2.12. The summed E-state index contributed by atoms with van der Waals surface area (Å²) in [4.78, 5) is 11.9. The Kier molecular flexibility index (Phi) is 4.74. The van der Waals surface area contributed by atoms with Gasteiger partial charge in [0.1, 0.15) is 12.3 Å². The van der Waals surface area contributed by atoms with Crippen molar-refractivity contribution in [2.75, 3.05) is 5.32 Å². The van der Waals surface area contributed by atoms with E-state index in [0.29, 0.717) is 5.02 Å². The van der Waals surface area contributed by atoms with Crippen molar-refractivity contribution in [1.29, 1.82) is 0 Å². The largest absolute Gasteiger partial charge is 0.433 e. The third kappa shape index (κ3) is 4.42. The monoisotopic (exact) mass is 315 g/mol. The molecule has 112 valence electrons. The van der Waals surface area contributed by atoms with Crippen LogP contribution in [0.25, 0.3) is 0 Å². The molecule has 0 atom stereocenters. The lowest BCUT2D eigenvalue weighted by molar-refractivity contribution is -0.117. The molecule has 1 aromatic heterocycles. The highest BCUT2D eigenvalue weighted by Crippen LogP contribution is 2.27. The van der Waals surface area contributed by atoms with Crippen LogP contribution in [-0.4, -0.2) is 22.3 Å². The number of hydrogen-bond donors (Lipinski definition) is 1. The average Bonchev–Trinajstić information content (AvgIpc) is 2.77. The molecule has 0 spiro atoms. The Morgan fingerprint density at radius 2 is 2.29 bits per heavy atom. The topological polar surface area (TPSA) is 56.2 Å². The van der Waals surface area contributed by atoms with E-state index in [1.807, 2.05) is 0 Å². The third-order valence-electron chi connectivity index (χ3n) is 2.53. The maximum atomic E-state index is 12.4. The highest BCUT2D eigenvalue weighted by Gasteiger charge is 2.13. The molecule has 5 nitrogen and oxygen atoms in total. The van der Waals surface area contributed by atoms with Gasteiger partial charge in [-0.1, -0.05) is 17.7 Å². The predicted octanol–water partition coefficient (Wildman–Crippen LogP) is 3.09. The van der Waals surface area contributed by atoms with Crippen LogP contribution in [0, 0.1) is 6.92 Å². The molecule has 21 heavy (non-hydrogen) atoms. The van der Waals surface area contributed by atoms with Crippen molar-refractivity contribution in [2.45, 2.75) is 20.1 Å². The molecule has 2 aromatic rings. The third-order valence-corrected chi connectivity index (χ3v) is 2.73. The number of aryl methyl sites for hydroxylation is 1. The lowest BCUT2D eigenvalue weighted by Crippen LogP contribution is -2.19. The molecule has 1 aromatic carbocycles. The van der Waals surface area contributed by atoms with E-state index in [0.717, 1.165) is 5.56 Å². The van der Waals surface area contributed by atoms with Gasteiger partial charge in [-0.05, 0) is 24.6 Å². The quantitative estimate of drug-likeness (QED) is 0.922. The van der Waals surface area contributed by atoms with Crippen molar-refractivity contribution in [3.63, 3.8) is 0 Å².